The number of carbonyl (C=O) groups excluding carboxylic acids is 2. The first-order valence-electron chi connectivity index (χ1n) is 6.83. The van der Waals surface area contributed by atoms with E-state index in [0.717, 1.165) is 0 Å². The monoisotopic (exact) mass is 280 g/mol. The lowest BCUT2D eigenvalue weighted by Gasteiger charge is -2.21. The van der Waals surface area contributed by atoms with Crippen LogP contribution in [0.2, 0.25) is 0 Å². The van der Waals surface area contributed by atoms with E-state index in [9.17, 15) is 9.59 Å². The Hall–Kier alpha value is -1.89. The Morgan fingerprint density at radius 1 is 1.45 bits per heavy atom. The number of rotatable bonds is 4. The average molecular weight is 280 g/mol. The van der Waals surface area contributed by atoms with E-state index in [1.165, 1.54) is 6.20 Å². The van der Waals surface area contributed by atoms with Crippen molar-refractivity contribution in [1.82, 2.24) is 15.1 Å². The van der Waals surface area contributed by atoms with Crippen molar-refractivity contribution in [2.45, 2.75) is 26.3 Å². The second-order valence-electron chi connectivity index (χ2n) is 4.68. The van der Waals surface area contributed by atoms with Gasteiger partial charge in [-0.3, -0.25) is 9.59 Å². The summed E-state index contributed by atoms with van der Waals surface area (Å²) >= 11 is 0. The molecule has 1 aliphatic rings. The predicted molar refractivity (Wildman–Crippen MR) is 73.5 cm³/mol. The second kappa shape index (κ2) is 6.51. The van der Waals surface area contributed by atoms with Crippen molar-refractivity contribution in [1.29, 1.82) is 0 Å². The van der Waals surface area contributed by atoms with E-state index in [1.54, 1.807) is 11.7 Å². The molecule has 1 aliphatic heterocycles. The molecule has 1 fully saturated rings. The first-order valence-corrected chi connectivity index (χ1v) is 6.83. The number of nitrogens with one attached hydrogen (secondary N) is 2. The van der Waals surface area contributed by atoms with Crippen LogP contribution in [0.3, 0.4) is 0 Å². The van der Waals surface area contributed by atoms with Crippen LogP contribution >= 0.6 is 0 Å². The number of anilines is 1. The molecule has 2 amide bonds. The van der Waals surface area contributed by atoms with Gasteiger partial charge in [0, 0.05) is 32.7 Å². The fraction of sp³-hybridized carbons (Fsp3) is 0.615. The maximum atomic E-state index is 12.3. The smallest absolute Gasteiger partial charge is 0.256 e. The summed E-state index contributed by atoms with van der Waals surface area (Å²) in [6.45, 7) is 3.70. The largest absolute Gasteiger partial charge is 0.381 e. The summed E-state index contributed by atoms with van der Waals surface area (Å²) in [6.07, 6.45) is 2.89. The lowest BCUT2D eigenvalue weighted by Crippen LogP contribution is -2.30. The van der Waals surface area contributed by atoms with Crippen molar-refractivity contribution in [3.8, 4) is 0 Å². The van der Waals surface area contributed by atoms with E-state index < -0.39 is 0 Å². The SMILES string of the molecule is CCn1ncc(C(=O)NC)c1NC(=O)C1CCOCC1. The lowest BCUT2D eigenvalue weighted by molar-refractivity contribution is -0.122. The van der Waals surface area contributed by atoms with Gasteiger partial charge in [0.2, 0.25) is 5.91 Å². The molecule has 110 valence electrons. The standard InChI is InChI=1S/C13H20N4O3/c1-3-17-11(10(8-15-17)13(19)14-2)16-12(18)9-4-6-20-7-5-9/h8-9H,3-7H2,1-2H3,(H,14,19)(H,16,18). The van der Waals surface area contributed by atoms with Crippen molar-refractivity contribution in [2.75, 3.05) is 25.6 Å². The molecule has 0 aromatic carbocycles. The zero-order valence-corrected chi connectivity index (χ0v) is 11.8. The van der Waals surface area contributed by atoms with E-state index >= 15 is 0 Å². The van der Waals surface area contributed by atoms with Gasteiger partial charge in [-0.2, -0.15) is 5.10 Å². The zero-order chi connectivity index (χ0) is 14.5. The van der Waals surface area contributed by atoms with E-state index in [2.05, 4.69) is 15.7 Å². The Labute approximate surface area is 117 Å². The number of hydrogen-bond acceptors (Lipinski definition) is 4. The van der Waals surface area contributed by atoms with Crippen LogP contribution < -0.4 is 10.6 Å². The summed E-state index contributed by atoms with van der Waals surface area (Å²) in [5, 5.41) is 9.51. The molecule has 0 bridgehead atoms. The van der Waals surface area contributed by atoms with Crippen LogP contribution in [0.5, 0.6) is 0 Å². The van der Waals surface area contributed by atoms with Gasteiger partial charge in [0.25, 0.3) is 5.91 Å². The van der Waals surface area contributed by atoms with Gasteiger partial charge in [-0.1, -0.05) is 0 Å². The van der Waals surface area contributed by atoms with Gasteiger partial charge in [0.15, 0.2) is 0 Å². The maximum Gasteiger partial charge on any atom is 0.256 e. The number of amides is 2. The molecule has 20 heavy (non-hydrogen) atoms. The van der Waals surface area contributed by atoms with Gasteiger partial charge < -0.3 is 15.4 Å². The van der Waals surface area contributed by atoms with Crippen LogP contribution in [0, 0.1) is 5.92 Å². The average Bonchev–Trinajstić information content (AvgIpc) is 2.90. The molecule has 1 aromatic heterocycles. The molecule has 0 radical (unpaired) electrons. The van der Waals surface area contributed by atoms with Gasteiger partial charge >= 0.3 is 0 Å². The Bertz CT molecular complexity index is 492. The molecule has 1 aromatic rings. The minimum atomic E-state index is -0.257. The Kier molecular flexibility index (Phi) is 4.73. The summed E-state index contributed by atoms with van der Waals surface area (Å²) in [4.78, 5) is 24.0. The summed E-state index contributed by atoms with van der Waals surface area (Å²) < 4.78 is 6.86. The Morgan fingerprint density at radius 2 is 2.15 bits per heavy atom. The number of aryl methyl sites for hydroxylation is 1. The molecule has 0 aliphatic carbocycles. The predicted octanol–water partition coefficient (Wildman–Crippen LogP) is 0.628. The van der Waals surface area contributed by atoms with Gasteiger partial charge in [-0.15, -0.1) is 0 Å². The molecule has 7 nitrogen and oxygen atoms in total. The molecule has 0 unspecified atom stereocenters. The summed E-state index contributed by atoms with van der Waals surface area (Å²) in [5.41, 5.74) is 0.384. The van der Waals surface area contributed by atoms with E-state index in [4.69, 9.17) is 4.74 Å². The van der Waals surface area contributed by atoms with Crippen molar-refractivity contribution < 1.29 is 14.3 Å². The summed E-state index contributed by atoms with van der Waals surface area (Å²) in [5.74, 6) is 0.0606. The number of nitrogens with zero attached hydrogens (tertiary/aromatic N) is 2. The van der Waals surface area contributed by atoms with Gasteiger partial charge in [-0.05, 0) is 19.8 Å². The van der Waals surface area contributed by atoms with Crippen molar-refractivity contribution in [3.63, 3.8) is 0 Å². The van der Waals surface area contributed by atoms with Crippen LogP contribution in [0.15, 0.2) is 6.20 Å². The molecule has 2 rings (SSSR count). The maximum absolute atomic E-state index is 12.3. The molecule has 7 heteroatoms. The third kappa shape index (κ3) is 2.98. The van der Waals surface area contributed by atoms with Gasteiger partial charge in [-0.25, -0.2) is 4.68 Å². The summed E-state index contributed by atoms with van der Waals surface area (Å²) in [6, 6.07) is 0. The highest BCUT2D eigenvalue weighted by molar-refractivity contribution is 6.03. The fourth-order valence-corrected chi connectivity index (χ4v) is 2.24. The lowest BCUT2D eigenvalue weighted by atomic mass is 9.99. The third-order valence-corrected chi connectivity index (χ3v) is 3.44. The number of aromatic nitrogens is 2. The Morgan fingerprint density at radius 3 is 2.75 bits per heavy atom. The normalized spacial score (nSPS) is 15.9. The van der Waals surface area contributed by atoms with Crippen molar-refractivity contribution >= 4 is 17.6 Å². The molecule has 0 atom stereocenters. The highest BCUT2D eigenvalue weighted by atomic mass is 16.5. The first kappa shape index (κ1) is 14.5. The third-order valence-electron chi connectivity index (χ3n) is 3.44. The van der Waals surface area contributed by atoms with Gasteiger partial charge in [0.1, 0.15) is 11.4 Å². The zero-order valence-electron chi connectivity index (χ0n) is 11.8. The minimum Gasteiger partial charge on any atom is -0.381 e. The first-order chi connectivity index (χ1) is 9.67. The summed E-state index contributed by atoms with van der Waals surface area (Å²) in [7, 11) is 1.55. The topological polar surface area (TPSA) is 85.3 Å². The fourth-order valence-electron chi connectivity index (χ4n) is 2.24. The van der Waals surface area contributed by atoms with Crippen LogP contribution in [-0.2, 0) is 16.1 Å². The molecule has 2 heterocycles. The molecule has 2 N–H and O–H groups in total. The van der Waals surface area contributed by atoms with E-state index in [0.29, 0.717) is 44.0 Å². The molecule has 1 saturated heterocycles. The second-order valence-corrected chi connectivity index (χ2v) is 4.68. The highest BCUT2D eigenvalue weighted by Gasteiger charge is 2.25. The quantitative estimate of drug-likeness (QED) is 0.847. The minimum absolute atomic E-state index is 0.0681. The van der Waals surface area contributed by atoms with Crippen LogP contribution in [0.1, 0.15) is 30.1 Å². The van der Waals surface area contributed by atoms with Crippen LogP contribution in [-0.4, -0.2) is 41.9 Å². The highest BCUT2D eigenvalue weighted by Crippen LogP contribution is 2.20. The van der Waals surface area contributed by atoms with E-state index in [1.807, 2.05) is 6.92 Å². The molecule has 0 spiro atoms. The molecular weight excluding hydrogens is 260 g/mol. The molecular formula is C13H20N4O3. The van der Waals surface area contributed by atoms with Crippen molar-refractivity contribution in [2.24, 2.45) is 5.92 Å². The van der Waals surface area contributed by atoms with Crippen molar-refractivity contribution in [3.05, 3.63) is 11.8 Å². The Balaban J connectivity index is 2.16. The molecule has 0 saturated carbocycles. The number of ether oxygens (including phenoxy) is 1. The number of hydrogen-bond donors (Lipinski definition) is 2. The van der Waals surface area contributed by atoms with Crippen LogP contribution in [0.4, 0.5) is 5.82 Å². The van der Waals surface area contributed by atoms with Gasteiger partial charge in [0.05, 0.1) is 6.20 Å². The van der Waals surface area contributed by atoms with Crippen LogP contribution in [0.25, 0.3) is 0 Å². The number of carbonyl (C=O) groups is 2. The van der Waals surface area contributed by atoms with E-state index in [-0.39, 0.29) is 17.7 Å².